The number of carboxylic acids is 2. The van der Waals surface area contributed by atoms with E-state index in [9.17, 15) is 9.59 Å². The van der Waals surface area contributed by atoms with Gasteiger partial charge >= 0.3 is 11.9 Å². The molecule has 1 heterocycles. The second-order valence-corrected chi connectivity index (χ2v) is 3.63. The molecule has 0 saturated heterocycles. The Kier molecular flexibility index (Phi) is 3.18. The van der Waals surface area contributed by atoms with Gasteiger partial charge in [-0.2, -0.15) is 0 Å². The molecule has 0 unspecified atom stereocenters. The average molecular weight is 250 g/mol. The summed E-state index contributed by atoms with van der Waals surface area (Å²) < 4.78 is 10.4. The van der Waals surface area contributed by atoms with Gasteiger partial charge in [0.25, 0.3) is 0 Å². The van der Waals surface area contributed by atoms with Crippen molar-refractivity contribution in [3.63, 3.8) is 0 Å². The number of hydrogen-bond acceptors (Lipinski definition) is 4. The topological polar surface area (TPSA) is 93.1 Å². The van der Waals surface area contributed by atoms with Crippen LogP contribution in [0.5, 0.6) is 11.5 Å². The lowest BCUT2D eigenvalue weighted by Crippen LogP contribution is -2.06. The van der Waals surface area contributed by atoms with Crippen molar-refractivity contribution < 1.29 is 29.3 Å². The van der Waals surface area contributed by atoms with Crippen LogP contribution in [0.1, 0.15) is 12.0 Å². The Hall–Kier alpha value is -2.50. The summed E-state index contributed by atoms with van der Waals surface area (Å²) >= 11 is 0. The smallest absolute Gasteiger partial charge is 0.332 e. The molecular weight excluding hydrogens is 240 g/mol. The highest BCUT2D eigenvalue weighted by atomic mass is 16.7. The SMILES string of the molecule is O=C(O)CC(=Cc1cccc2c1OCO2)C(=O)O. The van der Waals surface area contributed by atoms with Gasteiger partial charge in [0.05, 0.1) is 6.42 Å². The number of fused-ring (bicyclic) bond motifs is 1. The summed E-state index contributed by atoms with van der Waals surface area (Å²) in [5.74, 6) is -1.52. The summed E-state index contributed by atoms with van der Waals surface area (Å²) in [5.41, 5.74) is 0.273. The van der Waals surface area contributed by atoms with E-state index in [1.165, 1.54) is 6.08 Å². The summed E-state index contributed by atoms with van der Waals surface area (Å²) in [7, 11) is 0. The Morgan fingerprint density at radius 1 is 1.28 bits per heavy atom. The molecular formula is C12H10O6. The van der Waals surface area contributed by atoms with E-state index < -0.39 is 18.4 Å². The van der Waals surface area contributed by atoms with Crippen LogP contribution in [0.2, 0.25) is 0 Å². The fourth-order valence-corrected chi connectivity index (χ4v) is 1.61. The van der Waals surface area contributed by atoms with Crippen molar-refractivity contribution in [3.8, 4) is 11.5 Å². The minimum atomic E-state index is -1.27. The molecule has 6 nitrogen and oxygen atoms in total. The highest BCUT2D eigenvalue weighted by Crippen LogP contribution is 2.36. The molecule has 94 valence electrons. The van der Waals surface area contributed by atoms with Crippen molar-refractivity contribution in [2.45, 2.75) is 6.42 Å². The van der Waals surface area contributed by atoms with Crippen molar-refractivity contribution >= 4 is 18.0 Å². The second-order valence-electron chi connectivity index (χ2n) is 3.63. The fraction of sp³-hybridized carbons (Fsp3) is 0.167. The first kappa shape index (κ1) is 12.0. The Labute approximate surface area is 102 Å². The summed E-state index contributed by atoms with van der Waals surface area (Å²) in [6.07, 6.45) is 0.726. The molecule has 0 bridgehead atoms. The maximum absolute atomic E-state index is 10.9. The van der Waals surface area contributed by atoms with Gasteiger partial charge in [-0.15, -0.1) is 0 Å². The third-order valence-corrected chi connectivity index (χ3v) is 2.37. The van der Waals surface area contributed by atoms with E-state index >= 15 is 0 Å². The van der Waals surface area contributed by atoms with Crippen molar-refractivity contribution in [1.82, 2.24) is 0 Å². The lowest BCUT2D eigenvalue weighted by Gasteiger charge is -2.03. The number of benzene rings is 1. The first-order chi connectivity index (χ1) is 8.58. The molecule has 0 amide bonds. The number of rotatable bonds is 4. The summed E-state index contributed by atoms with van der Waals surface area (Å²) in [6, 6.07) is 5.01. The standard InChI is InChI=1S/C12H10O6/c13-10(14)5-8(12(15)16)4-7-2-1-3-9-11(7)18-6-17-9/h1-4H,5-6H2,(H,13,14)(H,15,16). The molecule has 2 rings (SSSR count). The third kappa shape index (κ3) is 2.42. The third-order valence-electron chi connectivity index (χ3n) is 2.37. The molecule has 0 atom stereocenters. The summed E-state index contributed by atoms with van der Waals surface area (Å²) in [5, 5.41) is 17.6. The molecule has 1 aliphatic rings. The van der Waals surface area contributed by atoms with Gasteiger partial charge in [0.2, 0.25) is 6.79 Å². The van der Waals surface area contributed by atoms with Gasteiger partial charge < -0.3 is 19.7 Å². The van der Waals surface area contributed by atoms with Crippen LogP contribution in [-0.4, -0.2) is 28.9 Å². The normalized spacial score (nSPS) is 13.4. The van der Waals surface area contributed by atoms with Crippen LogP contribution in [-0.2, 0) is 9.59 Å². The van der Waals surface area contributed by atoms with Crippen molar-refractivity contribution in [2.75, 3.05) is 6.79 Å². The molecule has 18 heavy (non-hydrogen) atoms. The van der Waals surface area contributed by atoms with Gasteiger partial charge in [-0.3, -0.25) is 4.79 Å². The minimum Gasteiger partial charge on any atom is -0.481 e. The first-order valence-corrected chi connectivity index (χ1v) is 5.12. The molecule has 1 aromatic rings. The van der Waals surface area contributed by atoms with Gasteiger partial charge in [0.15, 0.2) is 11.5 Å². The summed E-state index contributed by atoms with van der Waals surface area (Å²) in [4.78, 5) is 21.5. The van der Waals surface area contributed by atoms with Crippen LogP contribution < -0.4 is 9.47 Å². The van der Waals surface area contributed by atoms with Gasteiger partial charge in [0, 0.05) is 11.1 Å². The predicted molar refractivity (Wildman–Crippen MR) is 60.4 cm³/mol. The number of carboxylic acid groups (broad SMARTS) is 2. The zero-order chi connectivity index (χ0) is 13.1. The fourth-order valence-electron chi connectivity index (χ4n) is 1.61. The molecule has 0 aliphatic carbocycles. The van der Waals surface area contributed by atoms with E-state index in [2.05, 4.69) is 0 Å². The molecule has 0 fully saturated rings. The number of hydrogen-bond donors (Lipinski definition) is 2. The van der Waals surface area contributed by atoms with Crippen LogP contribution in [0, 0.1) is 0 Å². The number of aliphatic carboxylic acids is 2. The maximum atomic E-state index is 10.9. The largest absolute Gasteiger partial charge is 0.481 e. The van der Waals surface area contributed by atoms with Gasteiger partial charge in [-0.1, -0.05) is 12.1 Å². The minimum absolute atomic E-state index is 0.0710. The van der Waals surface area contributed by atoms with Crippen LogP contribution in [0.3, 0.4) is 0 Å². The molecule has 1 aromatic carbocycles. The van der Waals surface area contributed by atoms with Crippen LogP contribution in [0.15, 0.2) is 23.8 Å². The monoisotopic (exact) mass is 250 g/mol. The lowest BCUT2D eigenvalue weighted by molar-refractivity contribution is -0.139. The van der Waals surface area contributed by atoms with Gasteiger partial charge in [-0.25, -0.2) is 4.79 Å². The predicted octanol–water partition coefficient (Wildman–Crippen LogP) is 1.36. The second kappa shape index (κ2) is 4.79. The highest BCUT2D eigenvalue weighted by molar-refractivity contribution is 5.97. The quantitative estimate of drug-likeness (QED) is 0.783. The zero-order valence-corrected chi connectivity index (χ0v) is 9.25. The van der Waals surface area contributed by atoms with E-state index in [0.29, 0.717) is 17.1 Å². The molecule has 0 radical (unpaired) electrons. The van der Waals surface area contributed by atoms with Crippen molar-refractivity contribution in [1.29, 1.82) is 0 Å². The molecule has 6 heteroatoms. The van der Waals surface area contributed by atoms with Crippen LogP contribution in [0.25, 0.3) is 6.08 Å². The summed E-state index contributed by atoms with van der Waals surface area (Å²) in [6.45, 7) is 0.0710. The van der Waals surface area contributed by atoms with Crippen molar-refractivity contribution in [2.24, 2.45) is 0 Å². The Balaban J connectivity index is 2.39. The molecule has 2 N–H and O–H groups in total. The molecule has 0 saturated carbocycles. The van der Waals surface area contributed by atoms with E-state index in [4.69, 9.17) is 19.7 Å². The Morgan fingerprint density at radius 3 is 2.72 bits per heavy atom. The van der Waals surface area contributed by atoms with Crippen LogP contribution >= 0.6 is 0 Å². The Morgan fingerprint density at radius 2 is 2.06 bits per heavy atom. The van der Waals surface area contributed by atoms with E-state index in [0.717, 1.165) is 0 Å². The van der Waals surface area contributed by atoms with E-state index in [1.807, 2.05) is 0 Å². The number of carbonyl (C=O) groups is 2. The number of ether oxygens (including phenoxy) is 2. The van der Waals surface area contributed by atoms with Gasteiger partial charge in [-0.05, 0) is 12.1 Å². The molecule has 0 spiro atoms. The van der Waals surface area contributed by atoms with E-state index in [-0.39, 0.29) is 12.4 Å². The zero-order valence-electron chi connectivity index (χ0n) is 9.25. The maximum Gasteiger partial charge on any atom is 0.332 e. The molecule has 1 aliphatic heterocycles. The highest BCUT2D eigenvalue weighted by Gasteiger charge is 2.18. The number of para-hydroxylation sites is 1. The average Bonchev–Trinajstić information content (AvgIpc) is 2.76. The Bertz CT molecular complexity index is 531. The van der Waals surface area contributed by atoms with E-state index in [1.54, 1.807) is 18.2 Å². The first-order valence-electron chi connectivity index (χ1n) is 5.12. The van der Waals surface area contributed by atoms with Gasteiger partial charge in [0.1, 0.15) is 0 Å². The van der Waals surface area contributed by atoms with Crippen molar-refractivity contribution in [3.05, 3.63) is 29.3 Å². The lowest BCUT2D eigenvalue weighted by atomic mass is 10.1. The van der Waals surface area contributed by atoms with Crippen LogP contribution in [0.4, 0.5) is 0 Å². The molecule has 0 aromatic heterocycles.